The minimum atomic E-state index is 1.20. The van der Waals surface area contributed by atoms with Gasteiger partial charge in [0.25, 0.3) is 0 Å². The highest BCUT2D eigenvalue weighted by Gasteiger charge is 2.00. The minimum Gasteiger partial charge on any atom is -0.103 e. The SMILES string of the molecule is C=CCCCCCCCCCCCCC(=CCCCC)CCCCCCCCCCC=C. The zero-order valence-electron chi connectivity index (χ0n) is 22.3. The van der Waals surface area contributed by atoms with Crippen LogP contribution in [0.3, 0.4) is 0 Å². The van der Waals surface area contributed by atoms with Crippen LogP contribution in [0, 0.1) is 0 Å². The summed E-state index contributed by atoms with van der Waals surface area (Å²) in [5, 5.41) is 0. The van der Waals surface area contributed by atoms with Crippen LogP contribution in [-0.4, -0.2) is 0 Å². The molecule has 0 aromatic rings. The predicted molar refractivity (Wildman–Crippen MR) is 150 cm³/mol. The number of rotatable bonds is 27. The average Bonchev–Trinajstić information content (AvgIpc) is 2.80. The lowest BCUT2D eigenvalue weighted by molar-refractivity contribution is 0.546. The highest BCUT2D eigenvalue weighted by molar-refractivity contribution is 5.01. The van der Waals surface area contributed by atoms with Crippen molar-refractivity contribution >= 4 is 0 Å². The largest absolute Gasteiger partial charge is 0.103 e. The quantitative estimate of drug-likeness (QED) is 0.0872. The molecule has 0 aliphatic rings. The van der Waals surface area contributed by atoms with Crippen LogP contribution in [0.15, 0.2) is 37.0 Å². The molecule has 0 spiro atoms. The summed E-state index contributed by atoms with van der Waals surface area (Å²) < 4.78 is 0. The molecule has 0 bridgehead atoms. The predicted octanol–water partition coefficient (Wildman–Crippen LogP) is 12.1. The van der Waals surface area contributed by atoms with Crippen LogP contribution >= 0.6 is 0 Å². The molecule has 0 heteroatoms. The molecule has 0 aromatic carbocycles. The molecule has 0 N–H and O–H groups in total. The average molecular weight is 445 g/mol. The topological polar surface area (TPSA) is 0 Å². The lowest BCUT2D eigenvalue weighted by Crippen LogP contribution is -1.89. The minimum absolute atomic E-state index is 1.20. The lowest BCUT2D eigenvalue weighted by Gasteiger charge is -2.09. The molecule has 0 aliphatic carbocycles. The van der Waals surface area contributed by atoms with Gasteiger partial charge in [-0.05, 0) is 57.8 Å². The lowest BCUT2D eigenvalue weighted by atomic mass is 9.98. The summed E-state index contributed by atoms with van der Waals surface area (Å²) in [6.07, 6.45) is 41.5. The van der Waals surface area contributed by atoms with Crippen LogP contribution in [0.25, 0.3) is 0 Å². The highest BCUT2D eigenvalue weighted by atomic mass is 14.1. The standard InChI is InChI=1S/C32H60/c1-4-7-10-12-14-16-18-19-21-23-25-28-31-32(29-26-9-6-3)30-27-24-22-20-17-15-13-11-8-5-2/h4-5,29H,1-2,6-28,30-31H2,3H3. The molecule has 0 unspecified atom stereocenters. The molecule has 0 atom stereocenters. The molecule has 0 amide bonds. The molecule has 0 aliphatic heterocycles. The highest BCUT2D eigenvalue weighted by Crippen LogP contribution is 2.20. The normalized spacial score (nSPS) is 11.7. The molecular weight excluding hydrogens is 384 g/mol. The molecule has 0 rings (SSSR count). The number of hydrogen-bond donors (Lipinski definition) is 0. The third-order valence-electron chi connectivity index (χ3n) is 6.80. The van der Waals surface area contributed by atoms with Gasteiger partial charge in [0.1, 0.15) is 0 Å². The summed E-state index contributed by atoms with van der Waals surface area (Å²) in [4.78, 5) is 0. The van der Waals surface area contributed by atoms with Crippen LogP contribution in [0.2, 0.25) is 0 Å². The summed E-state index contributed by atoms with van der Waals surface area (Å²) in [7, 11) is 0. The summed E-state index contributed by atoms with van der Waals surface area (Å²) in [5.74, 6) is 0. The fraction of sp³-hybridized carbons (Fsp3) is 0.812. The Balaban J connectivity index is 3.66. The maximum Gasteiger partial charge on any atom is -0.0320 e. The van der Waals surface area contributed by atoms with Gasteiger partial charge in [0.15, 0.2) is 0 Å². The van der Waals surface area contributed by atoms with Crippen molar-refractivity contribution < 1.29 is 0 Å². The van der Waals surface area contributed by atoms with E-state index in [0.29, 0.717) is 0 Å². The Bertz CT molecular complexity index is 402. The third-order valence-corrected chi connectivity index (χ3v) is 6.80. The van der Waals surface area contributed by atoms with Crippen molar-refractivity contribution in [3.8, 4) is 0 Å². The van der Waals surface area contributed by atoms with Gasteiger partial charge in [0, 0.05) is 0 Å². The number of unbranched alkanes of at least 4 members (excludes halogenated alkanes) is 20. The fourth-order valence-corrected chi connectivity index (χ4v) is 4.60. The van der Waals surface area contributed by atoms with Crippen molar-refractivity contribution in [3.05, 3.63) is 37.0 Å². The second-order valence-electron chi connectivity index (χ2n) is 10.0. The molecule has 0 saturated heterocycles. The van der Waals surface area contributed by atoms with E-state index in [-0.39, 0.29) is 0 Å². The third kappa shape index (κ3) is 25.5. The van der Waals surface area contributed by atoms with Crippen LogP contribution in [0.4, 0.5) is 0 Å². The van der Waals surface area contributed by atoms with Gasteiger partial charge >= 0.3 is 0 Å². The first kappa shape index (κ1) is 31.2. The molecule has 188 valence electrons. The van der Waals surface area contributed by atoms with Crippen molar-refractivity contribution in [2.24, 2.45) is 0 Å². The Morgan fingerprint density at radius 3 is 1.12 bits per heavy atom. The van der Waals surface area contributed by atoms with Gasteiger partial charge in [-0.1, -0.05) is 133 Å². The van der Waals surface area contributed by atoms with E-state index < -0.39 is 0 Å². The summed E-state index contributed by atoms with van der Waals surface area (Å²) >= 11 is 0. The van der Waals surface area contributed by atoms with Crippen molar-refractivity contribution in [1.29, 1.82) is 0 Å². The molecule has 0 nitrogen and oxygen atoms in total. The zero-order chi connectivity index (χ0) is 23.4. The van der Waals surface area contributed by atoms with Gasteiger partial charge in [-0.15, -0.1) is 13.2 Å². The zero-order valence-corrected chi connectivity index (χ0v) is 22.3. The first-order valence-electron chi connectivity index (χ1n) is 14.7. The fourth-order valence-electron chi connectivity index (χ4n) is 4.60. The van der Waals surface area contributed by atoms with E-state index in [0.717, 1.165) is 0 Å². The van der Waals surface area contributed by atoms with Gasteiger partial charge in [0.05, 0.1) is 0 Å². The smallest absolute Gasteiger partial charge is 0.0320 e. The van der Waals surface area contributed by atoms with E-state index >= 15 is 0 Å². The molecular formula is C32H60. The number of allylic oxidation sites excluding steroid dienone is 4. The van der Waals surface area contributed by atoms with Crippen molar-refractivity contribution in [3.63, 3.8) is 0 Å². The Labute approximate surface area is 204 Å². The van der Waals surface area contributed by atoms with Crippen molar-refractivity contribution in [2.45, 2.75) is 167 Å². The van der Waals surface area contributed by atoms with Gasteiger partial charge in [0.2, 0.25) is 0 Å². The summed E-state index contributed by atoms with van der Waals surface area (Å²) in [6.45, 7) is 9.93. The van der Waals surface area contributed by atoms with E-state index in [4.69, 9.17) is 0 Å². The second kappa shape index (κ2) is 28.3. The Kier molecular flexibility index (Phi) is 27.6. The van der Waals surface area contributed by atoms with E-state index in [1.807, 2.05) is 0 Å². The van der Waals surface area contributed by atoms with E-state index in [1.54, 1.807) is 5.57 Å². The van der Waals surface area contributed by atoms with Crippen molar-refractivity contribution in [1.82, 2.24) is 0 Å². The van der Waals surface area contributed by atoms with Crippen molar-refractivity contribution in [2.75, 3.05) is 0 Å². The first-order valence-corrected chi connectivity index (χ1v) is 14.7. The van der Waals surface area contributed by atoms with Crippen LogP contribution in [0.5, 0.6) is 0 Å². The number of hydrogen-bond acceptors (Lipinski definition) is 0. The molecule has 0 fully saturated rings. The molecule has 0 saturated carbocycles. The van der Waals surface area contributed by atoms with Gasteiger partial charge in [-0.25, -0.2) is 0 Å². The van der Waals surface area contributed by atoms with Gasteiger partial charge in [-0.3, -0.25) is 0 Å². The Morgan fingerprint density at radius 1 is 0.438 bits per heavy atom. The van der Waals surface area contributed by atoms with Crippen LogP contribution in [0.1, 0.15) is 167 Å². The molecule has 0 heterocycles. The summed E-state index contributed by atoms with van der Waals surface area (Å²) in [5.41, 5.74) is 1.78. The summed E-state index contributed by atoms with van der Waals surface area (Å²) in [6, 6.07) is 0. The maximum atomic E-state index is 3.81. The maximum absolute atomic E-state index is 3.81. The van der Waals surface area contributed by atoms with Crippen LogP contribution < -0.4 is 0 Å². The Morgan fingerprint density at radius 2 is 0.781 bits per heavy atom. The monoisotopic (exact) mass is 444 g/mol. The van der Waals surface area contributed by atoms with E-state index in [2.05, 4.69) is 38.3 Å². The molecule has 0 aromatic heterocycles. The van der Waals surface area contributed by atoms with Gasteiger partial charge < -0.3 is 0 Å². The van der Waals surface area contributed by atoms with E-state index in [1.165, 1.54) is 161 Å². The first-order chi connectivity index (χ1) is 15.8. The van der Waals surface area contributed by atoms with E-state index in [9.17, 15) is 0 Å². The second-order valence-corrected chi connectivity index (χ2v) is 10.0. The molecule has 32 heavy (non-hydrogen) atoms. The Hall–Kier alpha value is -0.780. The van der Waals surface area contributed by atoms with Crippen LogP contribution in [-0.2, 0) is 0 Å². The van der Waals surface area contributed by atoms with Gasteiger partial charge in [-0.2, -0.15) is 0 Å². The molecule has 0 radical (unpaired) electrons.